The highest BCUT2D eigenvalue weighted by molar-refractivity contribution is 7.98. The number of hydrogen-bond acceptors (Lipinski definition) is 4. The van der Waals surface area contributed by atoms with Gasteiger partial charge in [-0.2, -0.15) is 0 Å². The van der Waals surface area contributed by atoms with E-state index in [-0.39, 0.29) is 36.2 Å². The van der Waals surface area contributed by atoms with Crippen LogP contribution in [0.15, 0.2) is 53.4 Å². The molecule has 1 fully saturated rings. The van der Waals surface area contributed by atoms with Crippen molar-refractivity contribution in [1.82, 2.24) is 4.31 Å². The third-order valence-corrected chi connectivity index (χ3v) is 7.40. The minimum atomic E-state index is -3.62. The van der Waals surface area contributed by atoms with Crippen molar-refractivity contribution in [2.24, 2.45) is 5.92 Å². The monoisotopic (exact) mass is 422 g/mol. The maximum absolute atomic E-state index is 13.8. The van der Waals surface area contributed by atoms with Crippen LogP contribution in [0.1, 0.15) is 18.4 Å². The second-order valence-corrected chi connectivity index (χ2v) is 9.59. The predicted molar refractivity (Wildman–Crippen MR) is 110 cm³/mol. The van der Waals surface area contributed by atoms with Crippen molar-refractivity contribution in [3.05, 3.63) is 59.9 Å². The van der Waals surface area contributed by atoms with E-state index in [1.54, 1.807) is 17.8 Å². The smallest absolute Gasteiger partial charge is 0.227 e. The van der Waals surface area contributed by atoms with Crippen LogP contribution in [-0.4, -0.2) is 38.0 Å². The van der Waals surface area contributed by atoms with Gasteiger partial charge >= 0.3 is 0 Å². The molecular weight excluding hydrogens is 399 g/mol. The number of hydrogen-bond donors (Lipinski definition) is 1. The molecule has 0 radical (unpaired) electrons. The van der Waals surface area contributed by atoms with Gasteiger partial charge < -0.3 is 5.32 Å². The number of sulfonamides is 1. The van der Waals surface area contributed by atoms with E-state index in [0.29, 0.717) is 12.8 Å². The Morgan fingerprint density at radius 1 is 1.18 bits per heavy atom. The van der Waals surface area contributed by atoms with E-state index in [0.717, 1.165) is 10.6 Å². The number of amides is 1. The number of piperidine rings is 1. The number of rotatable bonds is 6. The molecule has 1 N–H and O–H groups in total. The van der Waals surface area contributed by atoms with Crippen LogP contribution in [0.25, 0.3) is 0 Å². The normalized spacial score (nSPS) is 16.1. The molecule has 1 amide bonds. The molecule has 0 saturated carbocycles. The summed E-state index contributed by atoms with van der Waals surface area (Å²) in [7, 11) is -3.62. The quantitative estimate of drug-likeness (QED) is 0.721. The fourth-order valence-electron chi connectivity index (χ4n) is 3.24. The largest absolute Gasteiger partial charge is 0.326 e. The molecule has 1 aliphatic heterocycles. The van der Waals surface area contributed by atoms with Crippen LogP contribution < -0.4 is 5.32 Å². The molecule has 150 valence electrons. The van der Waals surface area contributed by atoms with Crippen molar-refractivity contribution >= 4 is 33.4 Å². The van der Waals surface area contributed by atoms with Gasteiger partial charge in [0, 0.05) is 35.2 Å². The number of halogens is 1. The van der Waals surface area contributed by atoms with E-state index in [1.807, 2.05) is 30.5 Å². The molecule has 2 aromatic carbocycles. The minimum absolute atomic E-state index is 0.0931. The molecule has 0 aliphatic carbocycles. The number of nitrogens with one attached hydrogen (secondary N) is 1. The van der Waals surface area contributed by atoms with Crippen molar-refractivity contribution in [2.75, 3.05) is 24.7 Å². The summed E-state index contributed by atoms with van der Waals surface area (Å²) in [6.45, 7) is 0.527. The van der Waals surface area contributed by atoms with E-state index in [2.05, 4.69) is 5.32 Å². The molecule has 0 unspecified atom stereocenters. The second kappa shape index (κ2) is 9.07. The van der Waals surface area contributed by atoms with Gasteiger partial charge in [-0.3, -0.25) is 4.79 Å². The summed E-state index contributed by atoms with van der Waals surface area (Å²) in [5, 5.41) is 2.92. The Labute approximate surface area is 169 Å². The molecule has 8 heteroatoms. The number of benzene rings is 2. The molecule has 0 atom stereocenters. The number of carbonyl (C=O) groups excluding carboxylic acids is 1. The summed E-state index contributed by atoms with van der Waals surface area (Å²) in [6.07, 6.45) is 2.87. The summed E-state index contributed by atoms with van der Waals surface area (Å²) in [4.78, 5) is 13.6. The van der Waals surface area contributed by atoms with Crippen LogP contribution >= 0.6 is 11.8 Å². The first-order valence-electron chi connectivity index (χ1n) is 9.05. The van der Waals surface area contributed by atoms with E-state index in [4.69, 9.17) is 0 Å². The third-order valence-electron chi connectivity index (χ3n) is 4.85. The average molecular weight is 423 g/mol. The summed E-state index contributed by atoms with van der Waals surface area (Å²) in [5.74, 6) is -1.21. The van der Waals surface area contributed by atoms with Gasteiger partial charge in [-0.05, 0) is 43.4 Å². The Kier molecular flexibility index (Phi) is 6.74. The molecule has 1 aliphatic rings. The number of anilines is 1. The van der Waals surface area contributed by atoms with E-state index < -0.39 is 15.8 Å². The fourth-order valence-corrected chi connectivity index (χ4v) is 5.28. The molecular formula is C20H23FN2O3S2. The lowest BCUT2D eigenvalue weighted by atomic mass is 9.97. The molecule has 0 aromatic heterocycles. The van der Waals surface area contributed by atoms with Gasteiger partial charge in [0.05, 0.1) is 5.75 Å². The number of nitrogens with zero attached hydrogens (tertiary/aromatic N) is 1. The zero-order valence-electron chi connectivity index (χ0n) is 15.6. The summed E-state index contributed by atoms with van der Waals surface area (Å²) < 4.78 is 40.3. The average Bonchev–Trinajstić information content (AvgIpc) is 2.70. The summed E-state index contributed by atoms with van der Waals surface area (Å²) in [6, 6.07) is 13.5. The SMILES string of the molecule is CSc1cccc(NC(=O)C2CCN(S(=O)(=O)Cc3ccccc3F)CC2)c1. The van der Waals surface area contributed by atoms with Crippen LogP contribution in [0.2, 0.25) is 0 Å². The Morgan fingerprint density at radius 2 is 1.89 bits per heavy atom. The first-order valence-corrected chi connectivity index (χ1v) is 11.9. The molecule has 0 spiro atoms. The number of carbonyl (C=O) groups is 1. The summed E-state index contributed by atoms with van der Waals surface area (Å²) >= 11 is 1.60. The highest BCUT2D eigenvalue weighted by Crippen LogP contribution is 2.25. The molecule has 2 aromatic rings. The molecule has 3 rings (SSSR count). The molecule has 1 saturated heterocycles. The van der Waals surface area contributed by atoms with Gasteiger partial charge in [0.1, 0.15) is 5.82 Å². The second-order valence-electron chi connectivity index (χ2n) is 6.74. The predicted octanol–water partition coefficient (Wildman–Crippen LogP) is 3.73. The molecule has 5 nitrogen and oxygen atoms in total. The van der Waals surface area contributed by atoms with Crippen molar-refractivity contribution in [2.45, 2.75) is 23.5 Å². The maximum Gasteiger partial charge on any atom is 0.227 e. The van der Waals surface area contributed by atoms with Gasteiger partial charge in [-0.15, -0.1) is 11.8 Å². The van der Waals surface area contributed by atoms with Gasteiger partial charge in [0.25, 0.3) is 0 Å². The molecule has 1 heterocycles. The zero-order chi connectivity index (χ0) is 20.1. The topological polar surface area (TPSA) is 66.5 Å². The summed E-state index contributed by atoms with van der Waals surface area (Å²) in [5.41, 5.74) is 0.905. The van der Waals surface area contributed by atoms with Crippen molar-refractivity contribution in [3.63, 3.8) is 0 Å². The van der Waals surface area contributed by atoms with E-state index >= 15 is 0 Å². The lowest BCUT2D eigenvalue weighted by molar-refractivity contribution is -0.120. The fraction of sp³-hybridized carbons (Fsp3) is 0.350. The molecule has 0 bridgehead atoms. The van der Waals surface area contributed by atoms with Crippen molar-refractivity contribution in [3.8, 4) is 0 Å². The van der Waals surface area contributed by atoms with Crippen LogP contribution in [0, 0.1) is 11.7 Å². The van der Waals surface area contributed by atoms with Gasteiger partial charge in [0.15, 0.2) is 0 Å². The Morgan fingerprint density at radius 3 is 2.57 bits per heavy atom. The maximum atomic E-state index is 13.8. The lowest BCUT2D eigenvalue weighted by Gasteiger charge is -2.30. The Hall–Kier alpha value is -1.90. The highest BCUT2D eigenvalue weighted by atomic mass is 32.2. The van der Waals surface area contributed by atoms with Crippen LogP contribution in [0.4, 0.5) is 10.1 Å². The Bertz CT molecular complexity index is 942. The number of thioether (sulfide) groups is 1. The van der Waals surface area contributed by atoms with Crippen LogP contribution in [0.3, 0.4) is 0 Å². The van der Waals surface area contributed by atoms with Gasteiger partial charge in [-0.25, -0.2) is 17.1 Å². The minimum Gasteiger partial charge on any atom is -0.326 e. The third kappa shape index (κ3) is 5.12. The van der Waals surface area contributed by atoms with Crippen molar-refractivity contribution < 1.29 is 17.6 Å². The van der Waals surface area contributed by atoms with E-state index in [1.165, 1.54) is 22.5 Å². The van der Waals surface area contributed by atoms with E-state index in [9.17, 15) is 17.6 Å². The Balaban J connectivity index is 1.57. The van der Waals surface area contributed by atoms with Crippen LogP contribution in [0.5, 0.6) is 0 Å². The van der Waals surface area contributed by atoms with Gasteiger partial charge in [-0.1, -0.05) is 24.3 Å². The highest BCUT2D eigenvalue weighted by Gasteiger charge is 2.31. The van der Waals surface area contributed by atoms with Crippen LogP contribution in [-0.2, 0) is 20.6 Å². The first-order chi connectivity index (χ1) is 13.4. The van der Waals surface area contributed by atoms with Gasteiger partial charge in [0.2, 0.25) is 15.9 Å². The molecule has 28 heavy (non-hydrogen) atoms. The van der Waals surface area contributed by atoms with Crippen molar-refractivity contribution in [1.29, 1.82) is 0 Å². The zero-order valence-corrected chi connectivity index (χ0v) is 17.2. The standard InChI is InChI=1S/C20H23FN2O3S2/c1-27-18-7-4-6-17(13-18)22-20(24)15-9-11-23(12-10-15)28(25,26)14-16-5-2-3-8-19(16)21/h2-8,13,15H,9-12,14H2,1H3,(H,22,24). The first kappa shape index (κ1) is 20.8. The lowest BCUT2D eigenvalue weighted by Crippen LogP contribution is -2.42.